The van der Waals surface area contributed by atoms with Crippen molar-refractivity contribution < 1.29 is 13.0 Å². The number of anilines is 1. The number of aromatic nitrogens is 1. The number of fused-ring (bicyclic) bond motifs is 1. The van der Waals surface area contributed by atoms with Gasteiger partial charge < -0.3 is 5.73 Å². The minimum Gasteiger partial charge on any atom is -0.399 e. The van der Waals surface area contributed by atoms with E-state index in [0.717, 1.165) is 15.8 Å². The standard InChI is InChI=1S/C14H12N2O3S2/c1-8-2-5-11-12(6-8)20-14(16-11)10-4-3-9(15)7-13(10)21(17,18)19/h2-7H,15H2,1H3,(H,17,18,19). The Kier molecular flexibility index (Phi) is 3.20. The molecule has 0 radical (unpaired) electrons. The third-order valence-electron chi connectivity index (χ3n) is 3.06. The first-order chi connectivity index (χ1) is 9.84. The van der Waals surface area contributed by atoms with Gasteiger partial charge >= 0.3 is 0 Å². The maximum atomic E-state index is 11.5. The van der Waals surface area contributed by atoms with Crippen molar-refractivity contribution in [2.45, 2.75) is 11.8 Å². The first-order valence-corrected chi connectivity index (χ1v) is 8.35. The summed E-state index contributed by atoms with van der Waals surface area (Å²) >= 11 is 1.37. The van der Waals surface area contributed by atoms with Crippen molar-refractivity contribution in [2.24, 2.45) is 0 Å². The average molecular weight is 320 g/mol. The minimum absolute atomic E-state index is 0.224. The second-order valence-corrected chi connectivity index (χ2v) is 7.14. The van der Waals surface area contributed by atoms with Gasteiger partial charge in [0.25, 0.3) is 10.1 Å². The van der Waals surface area contributed by atoms with Gasteiger partial charge in [0.05, 0.1) is 10.2 Å². The largest absolute Gasteiger partial charge is 0.399 e. The number of benzene rings is 2. The minimum atomic E-state index is -4.36. The van der Waals surface area contributed by atoms with Crippen LogP contribution in [0.4, 0.5) is 5.69 Å². The van der Waals surface area contributed by atoms with Crippen LogP contribution in [-0.2, 0) is 10.1 Å². The predicted octanol–water partition coefficient (Wildman–Crippen LogP) is 3.10. The molecule has 0 saturated heterocycles. The molecule has 0 unspecified atom stereocenters. The number of rotatable bonds is 2. The molecule has 1 heterocycles. The maximum Gasteiger partial charge on any atom is 0.295 e. The maximum absolute atomic E-state index is 11.5. The Hall–Kier alpha value is -1.96. The molecule has 2 aromatic carbocycles. The number of nitrogen functional groups attached to an aromatic ring is 1. The zero-order chi connectivity index (χ0) is 15.2. The van der Waals surface area contributed by atoms with Crippen LogP contribution in [0.25, 0.3) is 20.8 Å². The molecule has 3 rings (SSSR count). The fourth-order valence-electron chi connectivity index (χ4n) is 2.08. The molecule has 0 amide bonds. The van der Waals surface area contributed by atoms with Gasteiger partial charge in [0.1, 0.15) is 9.90 Å². The van der Waals surface area contributed by atoms with Crippen LogP contribution in [-0.4, -0.2) is 18.0 Å². The lowest BCUT2D eigenvalue weighted by Crippen LogP contribution is -2.02. The highest BCUT2D eigenvalue weighted by Gasteiger charge is 2.19. The van der Waals surface area contributed by atoms with Gasteiger partial charge in [0.2, 0.25) is 0 Å². The molecule has 0 aliphatic carbocycles. The third-order valence-corrected chi connectivity index (χ3v) is 5.00. The topological polar surface area (TPSA) is 93.3 Å². The van der Waals surface area contributed by atoms with Gasteiger partial charge in [-0.2, -0.15) is 8.42 Å². The molecule has 3 aromatic rings. The molecule has 0 spiro atoms. The molecule has 0 atom stereocenters. The monoisotopic (exact) mass is 320 g/mol. The number of aryl methyl sites for hydroxylation is 1. The number of nitrogens with zero attached hydrogens (tertiary/aromatic N) is 1. The molecule has 0 aliphatic heterocycles. The van der Waals surface area contributed by atoms with Gasteiger partial charge in [-0.3, -0.25) is 4.55 Å². The molecule has 5 nitrogen and oxygen atoms in total. The van der Waals surface area contributed by atoms with Gasteiger partial charge in [-0.15, -0.1) is 11.3 Å². The lowest BCUT2D eigenvalue weighted by Gasteiger charge is -2.05. The second kappa shape index (κ2) is 4.80. The van der Waals surface area contributed by atoms with Crippen molar-refractivity contribution in [2.75, 3.05) is 5.73 Å². The van der Waals surface area contributed by atoms with Crippen molar-refractivity contribution in [1.82, 2.24) is 4.98 Å². The van der Waals surface area contributed by atoms with E-state index in [0.29, 0.717) is 10.6 Å². The first kappa shape index (κ1) is 14.0. The molecule has 108 valence electrons. The molecule has 7 heteroatoms. The lowest BCUT2D eigenvalue weighted by molar-refractivity contribution is 0.483. The molecular formula is C14H12N2O3S2. The van der Waals surface area contributed by atoms with E-state index in [9.17, 15) is 13.0 Å². The van der Waals surface area contributed by atoms with Crippen LogP contribution in [0.2, 0.25) is 0 Å². The average Bonchev–Trinajstić information content (AvgIpc) is 2.80. The van der Waals surface area contributed by atoms with Crippen LogP contribution in [0.15, 0.2) is 41.3 Å². The number of hydrogen-bond acceptors (Lipinski definition) is 5. The van der Waals surface area contributed by atoms with Crippen molar-refractivity contribution >= 4 is 37.4 Å². The summed E-state index contributed by atoms with van der Waals surface area (Å²) in [5, 5.41) is 0.531. The highest BCUT2D eigenvalue weighted by atomic mass is 32.2. The summed E-state index contributed by atoms with van der Waals surface area (Å²) in [5.74, 6) is 0. The number of thiazole rings is 1. The molecule has 21 heavy (non-hydrogen) atoms. The second-order valence-electron chi connectivity index (χ2n) is 4.72. The van der Waals surface area contributed by atoms with E-state index in [-0.39, 0.29) is 10.6 Å². The Morgan fingerprint density at radius 2 is 1.95 bits per heavy atom. The van der Waals surface area contributed by atoms with E-state index >= 15 is 0 Å². The van der Waals surface area contributed by atoms with Gasteiger partial charge in [-0.05, 0) is 42.8 Å². The van der Waals surface area contributed by atoms with E-state index in [4.69, 9.17) is 5.73 Å². The lowest BCUT2D eigenvalue weighted by atomic mass is 10.2. The van der Waals surface area contributed by atoms with E-state index in [1.165, 1.54) is 17.4 Å². The summed E-state index contributed by atoms with van der Waals surface area (Å²) in [7, 11) is -4.36. The zero-order valence-corrected chi connectivity index (χ0v) is 12.7. The summed E-state index contributed by atoms with van der Waals surface area (Å²) in [4.78, 5) is 4.21. The molecule has 0 aliphatic rings. The quantitative estimate of drug-likeness (QED) is 0.559. The Morgan fingerprint density at radius 1 is 1.19 bits per heavy atom. The van der Waals surface area contributed by atoms with Crippen LogP contribution < -0.4 is 5.73 Å². The van der Waals surface area contributed by atoms with E-state index < -0.39 is 10.1 Å². The molecule has 1 aromatic heterocycles. The first-order valence-electron chi connectivity index (χ1n) is 6.09. The molecule has 0 fully saturated rings. The van der Waals surface area contributed by atoms with E-state index in [1.807, 2.05) is 25.1 Å². The van der Waals surface area contributed by atoms with E-state index in [2.05, 4.69) is 4.98 Å². The molecular weight excluding hydrogens is 308 g/mol. The Labute approximate surface area is 125 Å². The van der Waals surface area contributed by atoms with E-state index in [1.54, 1.807) is 12.1 Å². The SMILES string of the molecule is Cc1ccc2nc(-c3ccc(N)cc3S(=O)(=O)O)sc2c1. The fourth-order valence-corrected chi connectivity index (χ4v) is 3.97. The van der Waals surface area contributed by atoms with Gasteiger partial charge in [-0.25, -0.2) is 4.98 Å². The predicted molar refractivity (Wildman–Crippen MR) is 84.0 cm³/mol. The van der Waals surface area contributed by atoms with Gasteiger partial charge in [0, 0.05) is 11.3 Å². The Morgan fingerprint density at radius 3 is 2.67 bits per heavy atom. The normalized spacial score (nSPS) is 11.9. The summed E-state index contributed by atoms with van der Waals surface area (Å²) in [5.41, 5.74) is 8.12. The summed E-state index contributed by atoms with van der Waals surface area (Å²) in [6.45, 7) is 1.98. The smallest absolute Gasteiger partial charge is 0.295 e. The van der Waals surface area contributed by atoms with Crippen LogP contribution in [0.3, 0.4) is 0 Å². The highest BCUT2D eigenvalue weighted by Crippen LogP contribution is 2.35. The van der Waals surface area contributed by atoms with Crippen molar-refractivity contribution in [3.63, 3.8) is 0 Å². The Bertz CT molecular complexity index is 946. The Balaban J connectivity index is 2.27. The summed E-state index contributed by atoms with van der Waals surface area (Å²) in [6.07, 6.45) is 0. The molecule has 3 N–H and O–H groups in total. The van der Waals surface area contributed by atoms with Crippen LogP contribution in [0.1, 0.15) is 5.56 Å². The van der Waals surface area contributed by atoms with Crippen molar-refractivity contribution in [3.05, 3.63) is 42.0 Å². The highest BCUT2D eigenvalue weighted by molar-refractivity contribution is 7.86. The molecule has 0 bridgehead atoms. The van der Waals surface area contributed by atoms with Crippen LogP contribution >= 0.6 is 11.3 Å². The van der Waals surface area contributed by atoms with Crippen molar-refractivity contribution in [3.8, 4) is 10.6 Å². The van der Waals surface area contributed by atoms with Crippen LogP contribution in [0.5, 0.6) is 0 Å². The van der Waals surface area contributed by atoms with Gasteiger partial charge in [0.15, 0.2) is 0 Å². The summed E-state index contributed by atoms with van der Waals surface area (Å²) in [6, 6.07) is 10.2. The zero-order valence-electron chi connectivity index (χ0n) is 11.1. The summed E-state index contributed by atoms with van der Waals surface area (Å²) < 4.78 is 33.4. The van der Waals surface area contributed by atoms with Gasteiger partial charge in [-0.1, -0.05) is 6.07 Å². The van der Waals surface area contributed by atoms with Crippen molar-refractivity contribution in [1.29, 1.82) is 0 Å². The number of hydrogen-bond donors (Lipinski definition) is 2. The molecule has 0 saturated carbocycles. The number of nitrogens with two attached hydrogens (primary N) is 1. The van der Waals surface area contributed by atoms with Crippen LogP contribution in [0, 0.1) is 6.92 Å². The fraction of sp³-hybridized carbons (Fsp3) is 0.0714. The third kappa shape index (κ3) is 2.63.